The Hall–Kier alpha value is -2.20. The third-order valence-corrected chi connectivity index (χ3v) is 5.13. The van der Waals surface area contributed by atoms with E-state index in [0.29, 0.717) is 33.5 Å². The van der Waals surface area contributed by atoms with Crippen molar-refractivity contribution >= 4 is 22.3 Å². The minimum Gasteiger partial charge on any atom is -0.506 e. The fraction of sp³-hybridized carbons (Fsp3) is 0.211. The van der Waals surface area contributed by atoms with Gasteiger partial charge in [0.15, 0.2) is 0 Å². The SMILES string of the molecule is CC(C)CN=C(C1=C(O)c2ccccc2S1=O)c1ccccc1. The quantitative estimate of drug-likeness (QED) is 0.857. The van der Waals surface area contributed by atoms with Gasteiger partial charge < -0.3 is 5.11 Å². The molecular formula is C19H19NO2S. The van der Waals surface area contributed by atoms with Crippen molar-refractivity contribution in [1.82, 2.24) is 0 Å². The number of rotatable bonds is 4. The van der Waals surface area contributed by atoms with Crippen LogP contribution < -0.4 is 0 Å². The maximum atomic E-state index is 12.9. The van der Waals surface area contributed by atoms with Crippen LogP contribution in [0.15, 0.2) is 69.4 Å². The molecule has 0 spiro atoms. The zero-order chi connectivity index (χ0) is 16.4. The fourth-order valence-corrected chi connectivity index (χ4v) is 3.94. The summed E-state index contributed by atoms with van der Waals surface area (Å²) >= 11 is 0. The van der Waals surface area contributed by atoms with E-state index in [2.05, 4.69) is 18.8 Å². The minimum atomic E-state index is -1.41. The molecule has 0 aliphatic carbocycles. The van der Waals surface area contributed by atoms with Crippen LogP contribution in [0.3, 0.4) is 0 Å². The van der Waals surface area contributed by atoms with Crippen molar-refractivity contribution in [1.29, 1.82) is 0 Å². The van der Waals surface area contributed by atoms with Gasteiger partial charge in [0, 0.05) is 17.7 Å². The highest BCUT2D eigenvalue weighted by molar-refractivity contribution is 7.90. The van der Waals surface area contributed by atoms with Gasteiger partial charge in [0.05, 0.1) is 21.4 Å². The van der Waals surface area contributed by atoms with Crippen LogP contribution in [0.2, 0.25) is 0 Å². The number of aliphatic hydroxyl groups is 1. The first-order valence-electron chi connectivity index (χ1n) is 7.64. The number of hydrogen-bond donors (Lipinski definition) is 1. The molecule has 1 aliphatic heterocycles. The Morgan fingerprint density at radius 3 is 2.39 bits per heavy atom. The lowest BCUT2D eigenvalue weighted by Gasteiger charge is -2.10. The maximum Gasteiger partial charge on any atom is 0.142 e. The summed E-state index contributed by atoms with van der Waals surface area (Å²) < 4.78 is 12.9. The zero-order valence-corrected chi connectivity index (χ0v) is 14.0. The first-order valence-corrected chi connectivity index (χ1v) is 8.79. The summed E-state index contributed by atoms with van der Waals surface area (Å²) in [6, 6.07) is 16.9. The monoisotopic (exact) mass is 325 g/mol. The lowest BCUT2D eigenvalue weighted by atomic mass is 10.1. The summed E-state index contributed by atoms with van der Waals surface area (Å²) in [5.41, 5.74) is 2.12. The van der Waals surface area contributed by atoms with Crippen LogP contribution in [-0.2, 0) is 10.8 Å². The van der Waals surface area contributed by atoms with Crippen molar-refractivity contribution < 1.29 is 9.32 Å². The summed E-state index contributed by atoms with van der Waals surface area (Å²) in [7, 11) is -1.41. The van der Waals surface area contributed by atoms with E-state index in [1.807, 2.05) is 42.5 Å². The van der Waals surface area contributed by atoms with Gasteiger partial charge in [-0.1, -0.05) is 56.3 Å². The van der Waals surface area contributed by atoms with Gasteiger partial charge >= 0.3 is 0 Å². The van der Waals surface area contributed by atoms with E-state index in [9.17, 15) is 9.32 Å². The molecule has 0 bridgehead atoms. The third kappa shape index (κ3) is 2.99. The number of fused-ring (bicyclic) bond motifs is 1. The van der Waals surface area contributed by atoms with Crippen molar-refractivity contribution in [2.75, 3.05) is 6.54 Å². The van der Waals surface area contributed by atoms with Crippen molar-refractivity contribution in [3.63, 3.8) is 0 Å². The first kappa shape index (κ1) is 15.7. The summed E-state index contributed by atoms with van der Waals surface area (Å²) in [5.74, 6) is 0.457. The van der Waals surface area contributed by atoms with Gasteiger partial charge in [-0.25, -0.2) is 4.21 Å². The highest BCUT2D eigenvalue weighted by Gasteiger charge is 2.32. The zero-order valence-electron chi connectivity index (χ0n) is 13.2. The summed E-state index contributed by atoms with van der Waals surface area (Å²) in [6.07, 6.45) is 0. The average Bonchev–Trinajstić information content (AvgIpc) is 2.81. The number of allylic oxidation sites excluding steroid dienone is 1. The number of benzene rings is 2. The molecule has 0 aromatic heterocycles. The van der Waals surface area contributed by atoms with Crippen molar-refractivity contribution in [3.05, 3.63) is 70.6 Å². The topological polar surface area (TPSA) is 49.7 Å². The van der Waals surface area contributed by atoms with Crippen molar-refractivity contribution in [3.8, 4) is 0 Å². The highest BCUT2D eigenvalue weighted by atomic mass is 32.2. The Labute approximate surface area is 138 Å². The maximum absolute atomic E-state index is 12.9. The van der Waals surface area contributed by atoms with Gasteiger partial charge in [-0.2, -0.15) is 0 Å². The molecule has 2 aromatic carbocycles. The Balaban J connectivity index is 2.14. The van der Waals surface area contributed by atoms with Gasteiger partial charge in [0.2, 0.25) is 0 Å². The molecule has 4 heteroatoms. The van der Waals surface area contributed by atoms with Crippen molar-refractivity contribution in [2.24, 2.45) is 10.9 Å². The molecule has 0 fully saturated rings. The van der Waals surface area contributed by atoms with Gasteiger partial charge in [-0.15, -0.1) is 0 Å². The second kappa shape index (κ2) is 6.50. The average molecular weight is 325 g/mol. The normalized spacial score (nSPS) is 17.7. The molecule has 3 nitrogen and oxygen atoms in total. The van der Waals surface area contributed by atoms with Crippen LogP contribution in [0.5, 0.6) is 0 Å². The molecule has 0 amide bonds. The van der Waals surface area contributed by atoms with Gasteiger partial charge in [-0.05, 0) is 18.1 Å². The van der Waals surface area contributed by atoms with E-state index in [4.69, 9.17) is 0 Å². The minimum absolute atomic E-state index is 0.0743. The highest BCUT2D eigenvalue weighted by Crippen LogP contribution is 2.36. The van der Waals surface area contributed by atoms with Gasteiger partial charge in [0.1, 0.15) is 10.7 Å². The largest absolute Gasteiger partial charge is 0.506 e. The number of hydrogen-bond acceptors (Lipinski definition) is 3. The predicted octanol–water partition coefficient (Wildman–Crippen LogP) is 4.18. The molecular weight excluding hydrogens is 306 g/mol. The van der Waals surface area contributed by atoms with Crippen LogP contribution in [-0.4, -0.2) is 21.6 Å². The Morgan fingerprint density at radius 1 is 1.09 bits per heavy atom. The third-order valence-electron chi connectivity index (χ3n) is 3.62. The van der Waals surface area contributed by atoms with Crippen LogP contribution in [0, 0.1) is 5.92 Å². The van der Waals surface area contributed by atoms with E-state index < -0.39 is 10.8 Å². The molecule has 1 aliphatic rings. The Bertz CT molecular complexity index is 807. The van der Waals surface area contributed by atoms with E-state index in [-0.39, 0.29) is 5.76 Å². The summed E-state index contributed by atoms with van der Waals surface area (Å²) in [6.45, 7) is 4.79. The number of aliphatic imine (C=N–C) groups is 1. The number of aliphatic hydroxyl groups excluding tert-OH is 1. The Morgan fingerprint density at radius 2 is 1.74 bits per heavy atom. The van der Waals surface area contributed by atoms with E-state index >= 15 is 0 Å². The molecule has 23 heavy (non-hydrogen) atoms. The summed E-state index contributed by atoms with van der Waals surface area (Å²) in [4.78, 5) is 5.73. The summed E-state index contributed by atoms with van der Waals surface area (Å²) in [5, 5.41) is 10.6. The number of nitrogens with zero attached hydrogens (tertiary/aromatic N) is 1. The molecule has 0 radical (unpaired) electrons. The van der Waals surface area contributed by atoms with E-state index in [1.54, 1.807) is 12.1 Å². The molecule has 118 valence electrons. The molecule has 1 unspecified atom stereocenters. The fourth-order valence-electron chi connectivity index (χ4n) is 2.51. The molecule has 0 saturated carbocycles. The van der Waals surface area contributed by atoms with Gasteiger partial charge in [-0.3, -0.25) is 4.99 Å². The molecule has 1 atom stereocenters. The predicted molar refractivity (Wildman–Crippen MR) is 95.1 cm³/mol. The lowest BCUT2D eigenvalue weighted by Crippen LogP contribution is -2.11. The first-order chi connectivity index (χ1) is 11.1. The van der Waals surface area contributed by atoms with E-state index in [0.717, 1.165) is 5.56 Å². The van der Waals surface area contributed by atoms with Crippen LogP contribution in [0.1, 0.15) is 25.0 Å². The van der Waals surface area contributed by atoms with Crippen LogP contribution in [0.25, 0.3) is 5.76 Å². The lowest BCUT2D eigenvalue weighted by molar-refractivity contribution is 0.511. The Kier molecular flexibility index (Phi) is 4.44. The van der Waals surface area contributed by atoms with Crippen LogP contribution in [0.4, 0.5) is 0 Å². The molecule has 3 rings (SSSR count). The molecule has 1 heterocycles. The second-order valence-corrected chi connectivity index (χ2v) is 7.28. The second-order valence-electron chi connectivity index (χ2n) is 5.89. The molecule has 2 aromatic rings. The smallest absolute Gasteiger partial charge is 0.142 e. The van der Waals surface area contributed by atoms with Crippen molar-refractivity contribution in [2.45, 2.75) is 18.7 Å². The molecule has 0 saturated heterocycles. The van der Waals surface area contributed by atoms with E-state index in [1.165, 1.54) is 0 Å². The van der Waals surface area contributed by atoms with Crippen LogP contribution >= 0.6 is 0 Å². The standard InChI is InChI=1S/C19H19NO2S/c1-13(2)12-20-17(14-8-4-3-5-9-14)19-18(21)15-10-6-7-11-16(15)23(19)22/h3-11,13,21H,12H2,1-2H3. The molecule has 1 N–H and O–H groups in total. The van der Waals surface area contributed by atoms with Gasteiger partial charge in [0.25, 0.3) is 0 Å².